The van der Waals surface area contributed by atoms with Crippen molar-refractivity contribution in [3.63, 3.8) is 0 Å². The molecule has 3 rings (SSSR count). The lowest BCUT2D eigenvalue weighted by molar-refractivity contribution is -0.0760. The Morgan fingerprint density at radius 2 is 1.73 bits per heavy atom. The molecule has 0 spiro atoms. The fourth-order valence-corrected chi connectivity index (χ4v) is 2.73. The summed E-state index contributed by atoms with van der Waals surface area (Å²) in [5.41, 5.74) is 1.30. The van der Waals surface area contributed by atoms with Crippen molar-refractivity contribution < 1.29 is 9.47 Å². The summed E-state index contributed by atoms with van der Waals surface area (Å²) in [4.78, 5) is 0. The van der Waals surface area contributed by atoms with E-state index in [0.717, 1.165) is 26.1 Å². The SMILES string of the molecule is c1ccc([C@@H]2OCC[C@@H]3OCC[C@@H]32)cc1. The molecule has 2 heteroatoms. The van der Waals surface area contributed by atoms with E-state index in [1.54, 1.807) is 0 Å². The van der Waals surface area contributed by atoms with Gasteiger partial charge in [0, 0.05) is 19.1 Å². The van der Waals surface area contributed by atoms with E-state index < -0.39 is 0 Å². The summed E-state index contributed by atoms with van der Waals surface area (Å²) < 4.78 is 11.6. The molecule has 3 atom stereocenters. The zero-order valence-corrected chi connectivity index (χ0v) is 8.76. The van der Waals surface area contributed by atoms with E-state index in [4.69, 9.17) is 9.47 Å². The van der Waals surface area contributed by atoms with Gasteiger partial charge in [-0.2, -0.15) is 0 Å². The van der Waals surface area contributed by atoms with Crippen LogP contribution in [0, 0.1) is 5.92 Å². The molecule has 1 aromatic carbocycles. The number of fused-ring (bicyclic) bond motifs is 1. The zero-order valence-electron chi connectivity index (χ0n) is 8.76. The topological polar surface area (TPSA) is 18.5 Å². The van der Waals surface area contributed by atoms with Crippen LogP contribution in [0.15, 0.2) is 30.3 Å². The Morgan fingerprint density at radius 1 is 0.933 bits per heavy atom. The molecule has 15 heavy (non-hydrogen) atoms. The minimum atomic E-state index is 0.257. The van der Waals surface area contributed by atoms with Gasteiger partial charge < -0.3 is 9.47 Å². The average molecular weight is 204 g/mol. The largest absolute Gasteiger partial charge is 0.378 e. The fourth-order valence-electron chi connectivity index (χ4n) is 2.73. The number of ether oxygens (including phenoxy) is 2. The van der Waals surface area contributed by atoms with Crippen LogP contribution in [-0.2, 0) is 9.47 Å². The molecule has 2 aliphatic rings. The van der Waals surface area contributed by atoms with E-state index in [0.29, 0.717) is 12.0 Å². The molecule has 0 aromatic heterocycles. The minimum Gasteiger partial charge on any atom is -0.378 e. The Kier molecular flexibility index (Phi) is 2.47. The van der Waals surface area contributed by atoms with Gasteiger partial charge in [-0.15, -0.1) is 0 Å². The van der Waals surface area contributed by atoms with Crippen LogP contribution in [0.25, 0.3) is 0 Å². The molecule has 0 bridgehead atoms. The Labute approximate surface area is 90.2 Å². The Balaban J connectivity index is 1.85. The first-order valence-corrected chi connectivity index (χ1v) is 5.73. The highest BCUT2D eigenvalue weighted by Crippen LogP contribution is 2.40. The van der Waals surface area contributed by atoms with Crippen LogP contribution in [0.2, 0.25) is 0 Å². The third kappa shape index (κ3) is 1.68. The molecule has 2 aliphatic heterocycles. The molecule has 0 radical (unpaired) electrons. The summed E-state index contributed by atoms with van der Waals surface area (Å²) >= 11 is 0. The molecule has 1 aromatic rings. The van der Waals surface area contributed by atoms with Crippen LogP contribution >= 0.6 is 0 Å². The number of benzene rings is 1. The van der Waals surface area contributed by atoms with Crippen LogP contribution in [0.3, 0.4) is 0 Å². The van der Waals surface area contributed by atoms with Gasteiger partial charge in [-0.1, -0.05) is 30.3 Å². The van der Waals surface area contributed by atoms with Crippen LogP contribution in [0.4, 0.5) is 0 Å². The molecule has 0 N–H and O–H groups in total. The van der Waals surface area contributed by atoms with Crippen LogP contribution in [0.5, 0.6) is 0 Å². The second-order valence-corrected chi connectivity index (χ2v) is 4.35. The second-order valence-electron chi connectivity index (χ2n) is 4.35. The highest BCUT2D eigenvalue weighted by atomic mass is 16.5. The first kappa shape index (κ1) is 9.37. The van der Waals surface area contributed by atoms with Crippen molar-refractivity contribution in [1.82, 2.24) is 0 Å². The maximum Gasteiger partial charge on any atom is 0.0878 e. The van der Waals surface area contributed by atoms with Crippen molar-refractivity contribution in [3.05, 3.63) is 35.9 Å². The normalized spacial score (nSPS) is 35.1. The summed E-state index contributed by atoms with van der Waals surface area (Å²) in [6, 6.07) is 10.5. The smallest absolute Gasteiger partial charge is 0.0878 e. The fraction of sp³-hybridized carbons (Fsp3) is 0.538. The average Bonchev–Trinajstić information content (AvgIpc) is 2.78. The van der Waals surface area contributed by atoms with Gasteiger partial charge in [0.1, 0.15) is 0 Å². The lowest BCUT2D eigenvalue weighted by Crippen LogP contribution is -2.31. The number of hydrogen-bond acceptors (Lipinski definition) is 2. The van der Waals surface area contributed by atoms with Crippen molar-refractivity contribution in [2.24, 2.45) is 5.92 Å². The predicted octanol–water partition coefficient (Wildman–Crippen LogP) is 2.55. The van der Waals surface area contributed by atoms with E-state index in [1.807, 2.05) is 0 Å². The monoisotopic (exact) mass is 204 g/mol. The maximum atomic E-state index is 5.90. The molecular formula is C13H16O2. The van der Waals surface area contributed by atoms with Crippen LogP contribution in [0.1, 0.15) is 24.5 Å². The van der Waals surface area contributed by atoms with Gasteiger partial charge in [-0.3, -0.25) is 0 Å². The number of hydrogen-bond donors (Lipinski definition) is 0. The van der Waals surface area contributed by atoms with Crippen molar-refractivity contribution >= 4 is 0 Å². The number of rotatable bonds is 1. The Morgan fingerprint density at radius 3 is 2.60 bits per heavy atom. The maximum absolute atomic E-state index is 5.90. The van der Waals surface area contributed by atoms with Gasteiger partial charge in [0.15, 0.2) is 0 Å². The third-order valence-electron chi connectivity index (χ3n) is 3.48. The quantitative estimate of drug-likeness (QED) is 0.700. The van der Waals surface area contributed by atoms with Crippen LogP contribution in [-0.4, -0.2) is 19.3 Å². The van der Waals surface area contributed by atoms with Gasteiger partial charge >= 0.3 is 0 Å². The first-order chi connectivity index (χ1) is 7.45. The minimum absolute atomic E-state index is 0.257. The lowest BCUT2D eigenvalue weighted by atomic mass is 9.87. The first-order valence-electron chi connectivity index (χ1n) is 5.73. The molecule has 0 aliphatic carbocycles. The highest BCUT2D eigenvalue weighted by molar-refractivity contribution is 5.19. The molecular weight excluding hydrogens is 188 g/mol. The molecule has 2 fully saturated rings. The van der Waals surface area contributed by atoms with Crippen molar-refractivity contribution in [3.8, 4) is 0 Å². The van der Waals surface area contributed by atoms with Crippen molar-refractivity contribution in [2.75, 3.05) is 13.2 Å². The molecule has 0 saturated carbocycles. The Bertz CT molecular complexity index is 323. The highest BCUT2D eigenvalue weighted by Gasteiger charge is 2.39. The summed E-state index contributed by atoms with van der Waals surface area (Å²) in [5.74, 6) is 0.571. The van der Waals surface area contributed by atoms with Crippen LogP contribution < -0.4 is 0 Å². The molecule has 0 unspecified atom stereocenters. The van der Waals surface area contributed by atoms with Crippen molar-refractivity contribution in [1.29, 1.82) is 0 Å². The third-order valence-corrected chi connectivity index (χ3v) is 3.48. The zero-order chi connectivity index (χ0) is 10.1. The van der Waals surface area contributed by atoms with E-state index >= 15 is 0 Å². The summed E-state index contributed by atoms with van der Waals surface area (Å²) in [5, 5.41) is 0. The molecule has 2 heterocycles. The lowest BCUT2D eigenvalue weighted by Gasteiger charge is -2.33. The molecule has 80 valence electrons. The molecule has 0 amide bonds. The van der Waals surface area contributed by atoms with E-state index in [1.165, 1.54) is 5.56 Å². The standard InChI is InChI=1S/C13H16O2/c1-2-4-10(5-3-1)13-11-6-8-14-12(11)7-9-15-13/h1-5,11-13H,6-9H2/t11-,12-,13-/m0/s1. The van der Waals surface area contributed by atoms with Gasteiger partial charge in [0.25, 0.3) is 0 Å². The predicted molar refractivity (Wildman–Crippen MR) is 57.6 cm³/mol. The van der Waals surface area contributed by atoms with Crippen molar-refractivity contribution in [2.45, 2.75) is 25.0 Å². The van der Waals surface area contributed by atoms with Gasteiger partial charge in [0.2, 0.25) is 0 Å². The molecule has 2 saturated heterocycles. The Hall–Kier alpha value is -0.860. The van der Waals surface area contributed by atoms with Gasteiger partial charge in [-0.25, -0.2) is 0 Å². The van der Waals surface area contributed by atoms with E-state index in [-0.39, 0.29) is 6.10 Å². The second kappa shape index (κ2) is 3.95. The van der Waals surface area contributed by atoms with E-state index in [2.05, 4.69) is 30.3 Å². The van der Waals surface area contributed by atoms with Gasteiger partial charge in [0.05, 0.1) is 12.2 Å². The summed E-state index contributed by atoms with van der Waals surface area (Å²) in [6.45, 7) is 1.74. The van der Waals surface area contributed by atoms with E-state index in [9.17, 15) is 0 Å². The summed E-state index contributed by atoms with van der Waals surface area (Å²) in [7, 11) is 0. The summed E-state index contributed by atoms with van der Waals surface area (Å²) in [6.07, 6.45) is 2.90. The van der Waals surface area contributed by atoms with Gasteiger partial charge in [-0.05, 0) is 18.4 Å². The molecule has 2 nitrogen and oxygen atoms in total.